The van der Waals surface area contributed by atoms with Gasteiger partial charge < -0.3 is 4.74 Å². The maximum atomic E-state index is 10.8. The van der Waals surface area contributed by atoms with Crippen molar-refractivity contribution in [3.8, 4) is 0 Å². The van der Waals surface area contributed by atoms with Gasteiger partial charge in [-0.15, -0.1) is 25.3 Å². The van der Waals surface area contributed by atoms with Crippen LogP contribution in [0.2, 0.25) is 0 Å². The first-order chi connectivity index (χ1) is 5.13. The molecule has 0 bridgehead atoms. The van der Waals surface area contributed by atoms with E-state index < -0.39 is 5.97 Å². The van der Waals surface area contributed by atoms with Gasteiger partial charge in [0.1, 0.15) is 0 Å². The molecule has 3 nitrogen and oxygen atoms in total. The van der Waals surface area contributed by atoms with E-state index in [1.165, 1.54) is 0 Å². The summed E-state index contributed by atoms with van der Waals surface area (Å²) in [6.07, 6.45) is 0. The molecule has 0 aromatic heterocycles. The summed E-state index contributed by atoms with van der Waals surface area (Å²) in [5, 5.41) is 0. The molecule has 0 N–H and O–H groups in total. The zero-order valence-electron chi connectivity index (χ0n) is 5.87. The number of esters is 1. The smallest absolute Gasteiger partial charge is 0.337 e. The molecule has 5 heteroatoms. The molecule has 0 unspecified atom stereocenters. The van der Waals surface area contributed by atoms with Crippen molar-refractivity contribution in [3.63, 3.8) is 0 Å². The maximum Gasteiger partial charge on any atom is 0.337 e. The third-order valence-corrected chi connectivity index (χ3v) is 1.22. The topological polar surface area (TPSA) is 30.7 Å². The minimum atomic E-state index is -0.678. The van der Waals surface area contributed by atoms with E-state index in [0.29, 0.717) is 0 Å². The van der Waals surface area contributed by atoms with E-state index in [9.17, 15) is 4.79 Å². The summed E-state index contributed by atoms with van der Waals surface area (Å²) in [4.78, 5) is 13.7. The van der Waals surface area contributed by atoms with Gasteiger partial charge in [0.25, 0.3) is 5.70 Å². The van der Waals surface area contributed by atoms with E-state index in [-0.39, 0.29) is 16.5 Å². The Morgan fingerprint density at radius 3 is 2.45 bits per heavy atom. The highest BCUT2D eigenvalue weighted by molar-refractivity contribution is 8.05. The second-order valence-corrected chi connectivity index (χ2v) is 2.75. The van der Waals surface area contributed by atoms with Gasteiger partial charge in [0.05, 0.1) is 13.2 Å². The van der Waals surface area contributed by atoms with Crippen molar-refractivity contribution in [1.29, 1.82) is 0 Å². The summed E-state index contributed by atoms with van der Waals surface area (Å²) >= 11 is 7.47. The fourth-order valence-corrected chi connectivity index (χ4v) is 0.669. The molecule has 0 spiro atoms. The SMILES string of the molecule is [C-]#[N+]C(C(=O)OCC)=C(S)S. The lowest BCUT2D eigenvalue weighted by Gasteiger charge is -1.99. The fourth-order valence-electron chi connectivity index (χ4n) is 0.386. The first-order valence-corrected chi connectivity index (χ1v) is 3.69. The summed E-state index contributed by atoms with van der Waals surface area (Å²) in [7, 11) is 0. The van der Waals surface area contributed by atoms with Gasteiger partial charge in [0.15, 0.2) is 0 Å². The number of hydrogen-bond donors (Lipinski definition) is 2. The molecule has 0 aliphatic carbocycles. The van der Waals surface area contributed by atoms with Gasteiger partial charge in [0, 0.05) is 4.24 Å². The van der Waals surface area contributed by atoms with Gasteiger partial charge in [-0.3, -0.25) is 4.79 Å². The van der Waals surface area contributed by atoms with Crippen LogP contribution in [0.5, 0.6) is 0 Å². The van der Waals surface area contributed by atoms with Crippen LogP contribution in [0.3, 0.4) is 0 Å². The fraction of sp³-hybridized carbons (Fsp3) is 0.333. The quantitative estimate of drug-likeness (QED) is 0.298. The summed E-state index contributed by atoms with van der Waals surface area (Å²) in [6.45, 7) is 8.47. The molecule has 0 aromatic rings. The summed E-state index contributed by atoms with van der Waals surface area (Å²) in [5.41, 5.74) is -0.182. The molecule has 0 fully saturated rings. The largest absolute Gasteiger partial charge is 0.471 e. The normalized spacial score (nSPS) is 8.18. The Morgan fingerprint density at radius 2 is 2.18 bits per heavy atom. The molecule has 0 atom stereocenters. The monoisotopic (exact) mass is 189 g/mol. The van der Waals surface area contributed by atoms with Gasteiger partial charge in [-0.05, 0) is 6.92 Å². The Bertz CT molecular complexity index is 225. The second kappa shape index (κ2) is 5.10. The zero-order chi connectivity index (χ0) is 8.85. The predicted molar refractivity (Wildman–Crippen MR) is 48.2 cm³/mol. The number of nitrogens with zero attached hydrogens (tertiary/aromatic N) is 1. The number of hydrogen-bond acceptors (Lipinski definition) is 4. The van der Waals surface area contributed by atoms with E-state index in [4.69, 9.17) is 6.57 Å². The van der Waals surface area contributed by atoms with Crippen LogP contribution in [-0.2, 0) is 9.53 Å². The van der Waals surface area contributed by atoms with E-state index in [0.717, 1.165) is 0 Å². The highest BCUT2D eigenvalue weighted by Gasteiger charge is 2.12. The lowest BCUT2D eigenvalue weighted by atomic mass is 10.5. The van der Waals surface area contributed by atoms with Crippen molar-refractivity contribution >= 4 is 31.2 Å². The van der Waals surface area contributed by atoms with Crippen molar-refractivity contribution in [1.82, 2.24) is 0 Å². The Labute approximate surface area is 76.1 Å². The Kier molecular flexibility index (Phi) is 4.83. The van der Waals surface area contributed by atoms with Crippen LogP contribution >= 0.6 is 25.3 Å². The first kappa shape index (κ1) is 10.4. The Hall–Kier alpha value is -0.600. The Morgan fingerprint density at radius 1 is 1.64 bits per heavy atom. The first-order valence-electron chi connectivity index (χ1n) is 2.80. The Balaban J connectivity index is 4.45. The van der Waals surface area contributed by atoms with E-state index in [2.05, 4.69) is 34.8 Å². The average Bonchev–Trinajstić information content (AvgIpc) is 1.88. The van der Waals surface area contributed by atoms with Crippen molar-refractivity contribution < 1.29 is 9.53 Å². The lowest BCUT2D eigenvalue weighted by molar-refractivity contribution is -0.138. The molecule has 0 saturated heterocycles. The molecule has 0 aliphatic rings. The van der Waals surface area contributed by atoms with Crippen LogP contribution in [0.1, 0.15) is 6.92 Å². The van der Waals surface area contributed by atoms with E-state index >= 15 is 0 Å². The molecule has 0 rings (SSSR count). The van der Waals surface area contributed by atoms with Crippen LogP contribution < -0.4 is 0 Å². The van der Waals surface area contributed by atoms with E-state index in [1.807, 2.05) is 0 Å². The minimum absolute atomic E-state index is 0.0819. The predicted octanol–water partition coefficient (Wildman–Crippen LogP) is 1.50. The van der Waals surface area contributed by atoms with Crippen LogP contribution in [0.15, 0.2) is 9.93 Å². The van der Waals surface area contributed by atoms with Crippen molar-refractivity contribution in [3.05, 3.63) is 21.4 Å². The van der Waals surface area contributed by atoms with Gasteiger partial charge in [-0.2, -0.15) is 0 Å². The summed E-state index contributed by atoms with van der Waals surface area (Å²) < 4.78 is 4.63. The van der Waals surface area contributed by atoms with Gasteiger partial charge in [-0.1, -0.05) is 0 Å². The van der Waals surface area contributed by atoms with E-state index in [1.54, 1.807) is 6.92 Å². The van der Waals surface area contributed by atoms with Gasteiger partial charge in [-0.25, -0.2) is 4.85 Å². The number of ether oxygens (including phenoxy) is 1. The highest BCUT2D eigenvalue weighted by atomic mass is 32.2. The molecule has 0 amide bonds. The molecule has 60 valence electrons. The highest BCUT2D eigenvalue weighted by Crippen LogP contribution is 2.15. The summed E-state index contributed by atoms with van der Waals surface area (Å²) in [5.74, 6) is -0.678. The average molecular weight is 189 g/mol. The maximum absolute atomic E-state index is 10.8. The summed E-state index contributed by atoms with van der Waals surface area (Å²) in [6, 6.07) is 0. The van der Waals surface area contributed by atoms with Crippen molar-refractivity contribution in [2.75, 3.05) is 6.61 Å². The third-order valence-electron chi connectivity index (χ3n) is 0.792. The molecule has 0 radical (unpaired) electrons. The van der Waals surface area contributed by atoms with Crippen LogP contribution in [0, 0.1) is 6.57 Å². The number of rotatable bonds is 2. The number of carbonyl (C=O) groups excluding carboxylic acids is 1. The lowest BCUT2D eigenvalue weighted by Crippen LogP contribution is -2.05. The van der Waals surface area contributed by atoms with Crippen LogP contribution in [0.4, 0.5) is 0 Å². The van der Waals surface area contributed by atoms with Crippen LogP contribution in [-0.4, -0.2) is 12.6 Å². The molecule has 0 aromatic carbocycles. The number of carbonyl (C=O) groups is 1. The van der Waals surface area contributed by atoms with Crippen molar-refractivity contribution in [2.45, 2.75) is 6.92 Å². The van der Waals surface area contributed by atoms with Crippen LogP contribution in [0.25, 0.3) is 4.85 Å². The molecular formula is C6H7NO2S2. The standard InChI is InChI=1S/C6H7NO2S2/c1-3-9-5(8)4(7-2)6(10)11/h10-11H,3H2,1H3. The van der Waals surface area contributed by atoms with Gasteiger partial charge >= 0.3 is 5.97 Å². The zero-order valence-corrected chi connectivity index (χ0v) is 7.65. The molecule has 11 heavy (non-hydrogen) atoms. The van der Waals surface area contributed by atoms with Crippen molar-refractivity contribution in [2.24, 2.45) is 0 Å². The molecule has 0 aliphatic heterocycles. The molecule has 0 saturated carbocycles. The third kappa shape index (κ3) is 3.35. The number of thiol groups is 2. The second-order valence-electron chi connectivity index (χ2n) is 1.50. The molecular weight excluding hydrogens is 182 g/mol. The van der Waals surface area contributed by atoms with Gasteiger partial charge in [0.2, 0.25) is 0 Å². The molecule has 0 heterocycles. The minimum Gasteiger partial charge on any atom is -0.471 e.